The van der Waals surface area contributed by atoms with Gasteiger partial charge in [-0.25, -0.2) is 9.78 Å². The SMILES string of the molecule is CCOC(=O)c1cn2c(C(C)C)cnc2n1C. The maximum Gasteiger partial charge on any atom is 0.356 e. The van der Waals surface area contributed by atoms with Gasteiger partial charge in [0, 0.05) is 18.9 Å². The summed E-state index contributed by atoms with van der Waals surface area (Å²) in [6, 6.07) is 0. The van der Waals surface area contributed by atoms with Gasteiger partial charge in [0.1, 0.15) is 5.69 Å². The minimum absolute atomic E-state index is 0.310. The average Bonchev–Trinajstić information content (AvgIpc) is 2.79. The zero-order valence-electron chi connectivity index (χ0n) is 10.6. The second-order valence-corrected chi connectivity index (χ2v) is 4.30. The maximum atomic E-state index is 11.7. The number of nitrogens with zero attached hydrogens (tertiary/aromatic N) is 3. The monoisotopic (exact) mass is 235 g/mol. The molecule has 17 heavy (non-hydrogen) atoms. The van der Waals surface area contributed by atoms with Gasteiger partial charge in [-0.2, -0.15) is 0 Å². The van der Waals surface area contributed by atoms with Crippen LogP contribution in [-0.2, 0) is 11.8 Å². The molecule has 0 saturated heterocycles. The third kappa shape index (κ3) is 1.81. The van der Waals surface area contributed by atoms with E-state index in [-0.39, 0.29) is 5.97 Å². The predicted octanol–water partition coefficient (Wildman–Crippen LogP) is 1.97. The Morgan fingerprint density at radius 2 is 2.24 bits per heavy atom. The fourth-order valence-electron chi connectivity index (χ4n) is 1.88. The molecule has 0 unspecified atom stereocenters. The summed E-state index contributed by atoms with van der Waals surface area (Å²) in [5.74, 6) is 0.814. The van der Waals surface area contributed by atoms with E-state index >= 15 is 0 Å². The van der Waals surface area contributed by atoms with E-state index in [9.17, 15) is 4.79 Å². The largest absolute Gasteiger partial charge is 0.461 e. The third-order valence-electron chi connectivity index (χ3n) is 2.79. The van der Waals surface area contributed by atoms with Crippen LogP contribution in [0.15, 0.2) is 12.4 Å². The second kappa shape index (κ2) is 4.24. The molecule has 0 bridgehead atoms. The number of ether oxygens (including phenoxy) is 1. The van der Waals surface area contributed by atoms with Crippen molar-refractivity contribution in [1.29, 1.82) is 0 Å². The van der Waals surface area contributed by atoms with Crippen LogP contribution in [0, 0.1) is 0 Å². The van der Waals surface area contributed by atoms with Crippen molar-refractivity contribution >= 4 is 11.7 Å². The van der Waals surface area contributed by atoms with E-state index in [4.69, 9.17) is 4.74 Å². The van der Waals surface area contributed by atoms with Crippen molar-refractivity contribution in [2.24, 2.45) is 7.05 Å². The molecular formula is C12H17N3O2. The van der Waals surface area contributed by atoms with Crippen LogP contribution >= 0.6 is 0 Å². The molecule has 0 aliphatic rings. The number of fused-ring (bicyclic) bond motifs is 1. The zero-order chi connectivity index (χ0) is 12.6. The Bertz CT molecular complexity index is 551. The van der Waals surface area contributed by atoms with Crippen LogP contribution in [0.25, 0.3) is 5.78 Å². The number of rotatable bonds is 3. The van der Waals surface area contributed by atoms with Crippen LogP contribution in [-0.4, -0.2) is 26.5 Å². The van der Waals surface area contributed by atoms with Crippen molar-refractivity contribution in [3.8, 4) is 0 Å². The van der Waals surface area contributed by atoms with E-state index in [1.807, 2.05) is 17.6 Å². The molecule has 0 amide bonds. The number of imidazole rings is 2. The molecule has 92 valence electrons. The molecule has 0 fully saturated rings. The first-order valence-electron chi connectivity index (χ1n) is 5.76. The number of carbonyl (C=O) groups excluding carboxylic acids is 1. The molecule has 2 heterocycles. The molecule has 5 heteroatoms. The molecule has 0 saturated carbocycles. The Labute approximate surface area is 100 Å². The number of carbonyl (C=O) groups is 1. The third-order valence-corrected chi connectivity index (χ3v) is 2.79. The first-order valence-corrected chi connectivity index (χ1v) is 5.76. The average molecular weight is 235 g/mol. The lowest BCUT2D eigenvalue weighted by atomic mass is 10.1. The van der Waals surface area contributed by atoms with Gasteiger partial charge in [0.25, 0.3) is 0 Å². The second-order valence-electron chi connectivity index (χ2n) is 4.30. The topological polar surface area (TPSA) is 48.5 Å². The first kappa shape index (κ1) is 11.7. The quantitative estimate of drug-likeness (QED) is 0.764. The molecule has 0 atom stereocenters. The van der Waals surface area contributed by atoms with E-state index in [0.717, 1.165) is 11.5 Å². The molecule has 0 aliphatic heterocycles. The summed E-state index contributed by atoms with van der Waals surface area (Å²) >= 11 is 0. The smallest absolute Gasteiger partial charge is 0.356 e. The van der Waals surface area contributed by atoms with E-state index in [2.05, 4.69) is 18.8 Å². The standard InChI is InChI=1S/C12H17N3O2/c1-5-17-11(16)10-7-15-9(8(2)3)6-13-12(15)14(10)4/h6-8H,5H2,1-4H3. The van der Waals surface area contributed by atoms with Crippen LogP contribution in [0.2, 0.25) is 0 Å². The number of esters is 1. The van der Waals surface area contributed by atoms with Gasteiger partial charge in [-0.15, -0.1) is 0 Å². The highest BCUT2D eigenvalue weighted by Crippen LogP contribution is 2.18. The normalized spacial score (nSPS) is 11.4. The molecular weight excluding hydrogens is 218 g/mol. The molecule has 0 radical (unpaired) electrons. The summed E-state index contributed by atoms with van der Waals surface area (Å²) in [7, 11) is 1.82. The van der Waals surface area contributed by atoms with Crippen LogP contribution in [0.1, 0.15) is 42.9 Å². The van der Waals surface area contributed by atoms with Gasteiger partial charge in [0.15, 0.2) is 0 Å². The van der Waals surface area contributed by atoms with E-state index in [1.54, 1.807) is 17.7 Å². The molecule has 2 rings (SSSR count). The van der Waals surface area contributed by atoms with Gasteiger partial charge in [-0.3, -0.25) is 4.40 Å². The zero-order valence-corrected chi connectivity index (χ0v) is 10.6. The van der Waals surface area contributed by atoms with Gasteiger partial charge in [0.05, 0.1) is 12.8 Å². The van der Waals surface area contributed by atoms with Crippen LogP contribution in [0.5, 0.6) is 0 Å². The molecule has 0 aliphatic carbocycles. The van der Waals surface area contributed by atoms with Crippen molar-refractivity contribution in [1.82, 2.24) is 14.0 Å². The van der Waals surface area contributed by atoms with Crippen LogP contribution in [0.4, 0.5) is 0 Å². The summed E-state index contributed by atoms with van der Waals surface area (Å²) in [6.45, 7) is 6.37. The minimum atomic E-state index is -0.310. The first-order chi connectivity index (χ1) is 8.06. The Morgan fingerprint density at radius 1 is 1.53 bits per heavy atom. The van der Waals surface area contributed by atoms with Gasteiger partial charge in [-0.1, -0.05) is 13.8 Å². The summed E-state index contributed by atoms with van der Waals surface area (Å²) < 4.78 is 8.70. The van der Waals surface area contributed by atoms with E-state index in [0.29, 0.717) is 18.2 Å². The van der Waals surface area contributed by atoms with Gasteiger partial charge >= 0.3 is 5.97 Å². The lowest BCUT2D eigenvalue weighted by molar-refractivity contribution is 0.0515. The Hall–Kier alpha value is -1.78. The highest BCUT2D eigenvalue weighted by molar-refractivity contribution is 5.88. The van der Waals surface area contributed by atoms with E-state index < -0.39 is 0 Å². The summed E-state index contributed by atoms with van der Waals surface area (Å²) in [4.78, 5) is 16.1. The highest BCUT2D eigenvalue weighted by atomic mass is 16.5. The lowest BCUT2D eigenvalue weighted by Crippen LogP contribution is -2.09. The van der Waals surface area contributed by atoms with Crippen molar-refractivity contribution in [3.63, 3.8) is 0 Å². The predicted molar refractivity (Wildman–Crippen MR) is 64.2 cm³/mol. The number of aryl methyl sites for hydroxylation is 1. The molecule has 5 nitrogen and oxygen atoms in total. The fraction of sp³-hybridized carbons (Fsp3) is 0.500. The van der Waals surface area contributed by atoms with Crippen LogP contribution < -0.4 is 0 Å². The maximum absolute atomic E-state index is 11.7. The highest BCUT2D eigenvalue weighted by Gasteiger charge is 2.18. The summed E-state index contributed by atoms with van der Waals surface area (Å²) in [5, 5.41) is 0. The molecule has 0 aromatic carbocycles. The molecule has 0 N–H and O–H groups in total. The molecule has 2 aromatic rings. The molecule has 2 aromatic heterocycles. The Balaban J connectivity index is 2.53. The fourth-order valence-corrected chi connectivity index (χ4v) is 1.88. The Kier molecular flexibility index (Phi) is 2.92. The van der Waals surface area contributed by atoms with Gasteiger partial charge in [0.2, 0.25) is 5.78 Å². The Morgan fingerprint density at radius 3 is 2.82 bits per heavy atom. The van der Waals surface area contributed by atoms with Gasteiger partial charge in [-0.05, 0) is 12.8 Å². The number of hydrogen-bond acceptors (Lipinski definition) is 3. The van der Waals surface area contributed by atoms with E-state index in [1.165, 1.54) is 0 Å². The van der Waals surface area contributed by atoms with Crippen molar-refractivity contribution in [3.05, 3.63) is 23.8 Å². The van der Waals surface area contributed by atoms with Crippen molar-refractivity contribution in [2.75, 3.05) is 6.61 Å². The van der Waals surface area contributed by atoms with Crippen LogP contribution in [0.3, 0.4) is 0 Å². The van der Waals surface area contributed by atoms with Crippen molar-refractivity contribution in [2.45, 2.75) is 26.7 Å². The summed E-state index contributed by atoms with van der Waals surface area (Å²) in [6.07, 6.45) is 3.63. The van der Waals surface area contributed by atoms with Crippen molar-refractivity contribution < 1.29 is 9.53 Å². The minimum Gasteiger partial charge on any atom is -0.461 e. The lowest BCUT2D eigenvalue weighted by Gasteiger charge is -2.01. The number of hydrogen-bond donors (Lipinski definition) is 0. The van der Waals surface area contributed by atoms with Gasteiger partial charge < -0.3 is 9.30 Å². The molecule has 0 spiro atoms. The summed E-state index contributed by atoms with van der Waals surface area (Å²) in [5.41, 5.74) is 1.61. The number of aromatic nitrogens is 3.